The van der Waals surface area contributed by atoms with E-state index < -0.39 is 10.0 Å². The Bertz CT molecular complexity index is 932. The van der Waals surface area contributed by atoms with E-state index in [-0.39, 0.29) is 16.7 Å². The van der Waals surface area contributed by atoms with Crippen molar-refractivity contribution in [2.24, 2.45) is 5.92 Å². The first-order valence-corrected chi connectivity index (χ1v) is 9.96. The molecule has 1 saturated carbocycles. The maximum atomic E-state index is 12.6. The summed E-state index contributed by atoms with van der Waals surface area (Å²) in [5, 5.41) is 0. The van der Waals surface area contributed by atoms with Gasteiger partial charge in [-0.05, 0) is 62.1 Å². The molecule has 2 aliphatic rings. The van der Waals surface area contributed by atoms with Gasteiger partial charge in [-0.15, -0.1) is 0 Å². The van der Waals surface area contributed by atoms with Crippen LogP contribution in [0.15, 0.2) is 47.4 Å². The van der Waals surface area contributed by atoms with Gasteiger partial charge in [0.2, 0.25) is 5.91 Å². The van der Waals surface area contributed by atoms with Gasteiger partial charge in [0.05, 0.1) is 4.90 Å². The van der Waals surface area contributed by atoms with Gasteiger partial charge in [-0.1, -0.05) is 17.7 Å². The van der Waals surface area contributed by atoms with Crippen molar-refractivity contribution in [2.45, 2.75) is 31.1 Å². The Morgan fingerprint density at radius 3 is 2.52 bits per heavy atom. The van der Waals surface area contributed by atoms with E-state index in [9.17, 15) is 13.2 Å². The number of fused-ring (bicyclic) bond motifs is 1. The summed E-state index contributed by atoms with van der Waals surface area (Å²) >= 11 is 0. The zero-order valence-corrected chi connectivity index (χ0v) is 14.8. The number of amides is 1. The first-order chi connectivity index (χ1) is 11.9. The molecule has 130 valence electrons. The molecule has 0 spiro atoms. The van der Waals surface area contributed by atoms with Crippen molar-refractivity contribution in [3.05, 3.63) is 53.6 Å². The Labute approximate surface area is 147 Å². The number of nitrogens with one attached hydrogen (secondary N) is 1. The quantitative estimate of drug-likeness (QED) is 0.915. The predicted octanol–water partition coefficient (Wildman–Crippen LogP) is 3.09. The van der Waals surface area contributed by atoms with Gasteiger partial charge in [0.25, 0.3) is 10.0 Å². The maximum Gasteiger partial charge on any atom is 0.261 e. The first kappa shape index (κ1) is 16.1. The molecule has 5 nitrogen and oxygen atoms in total. The topological polar surface area (TPSA) is 66.5 Å². The first-order valence-electron chi connectivity index (χ1n) is 8.48. The van der Waals surface area contributed by atoms with Crippen LogP contribution in [0.3, 0.4) is 0 Å². The number of carbonyl (C=O) groups excluding carboxylic acids is 1. The van der Waals surface area contributed by atoms with E-state index in [1.54, 1.807) is 35.2 Å². The Morgan fingerprint density at radius 1 is 1.12 bits per heavy atom. The van der Waals surface area contributed by atoms with Gasteiger partial charge in [0, 0.05) is 23.8 Å². The number of carbonyl (C=O) groups is 1. The lowest BCUT2D eigenvalue weighted by molar-refractivity contribution is -0.119. The smallest absolute Gasteiger partial charge is 0.261 e. The van der Waals surface area contributed by atoms with Crippen molar-refractivity contribution in [3.8, 4) is 0 Å². The van der Waals surface area contributed by atoms with Crippen molar-refractivity contribution in [3.63, 3.8) is 0 Å². The Morgan fingerprint density at radius 2 is 1.84 bits per heavy atom. The molecule has 6 heteroatoms. The van der Waals surface area contributed by atoms with Crippen molar-refractivity contribution >= 4 is 27.3 Å². The lowest BCUT2D eigenvalue weighted by Gasteiger charge is -2.17. The van der Waals surface area contributed by atoms with Crippen LogP contribution in [0.2, 0.25) is 0 Å². The minimum absolute atomic E-state index is 0.164. The molecule has 1 amide bonds. The van der Waals surface area contributed by atoms with E-state index in [2.05, 4.69) is 4.72 Å². The largest absolute Gasteiger partial charge is 0.312 e. The zero-order chi connectivity index (χ0) is 17.6. The maximum absolute atomic E-state index is 12.6. The second-order valence-electron chi connectivity index (χ2n) is 6.78. The standard InChI is InChI=1S/C19H20N2O3S/c1-13-2-6-16(7-3-13)20-25(23,24)17-8-9-18-15(12-17)10-11-21(18)19(22)14-4-5-14/h2-3,6-9,12,14,20H,4-5,10-11H2,1H3. The van der Waals surface area contributed by atoms with Gasteiger partial charge in [-0.3, -0.25) is 9.52 Å². The van der Waals surface area contributed by atoms with Gasteiger partial charge in [-0.25, -0.2) is 8.42 Å². The molecule has 0 aromatic heterocycles. The summed E-state index contributed by atoms with van der Waals surface area (Å²) in [5.41, 5.74) is 3.38. The van der Waals surface area contributed by atoms with Gasteiger partial charge < -0.3 is 4.90 Å². The second kappa shape index (κ2) is 5.88. The molecule has 0 atom stereocenters. The fraction of sp³-hybridized carbons (Fsp3) is 0.316. The van der Waals surface area contributed by atoms with Crippen LogP contribution < -0.4 is 9.62 Å². The summed E-state index contributed by atoms with van der Waals surface area (Å²) in [6.45, 7) is 2.59. The molecule has 1 aliphatic carbocycles. The van der Waals surface area contributed by atoms with E-state index in [1.807, 2.05) is 19.1 Å². The minimum Gasteiger partial charge on any atom is -0.312 e. The van der Waals surface area contributed by atoms with Crippen LogP contribution in [0.4, 0.5) is 11.4 Å². The summed E-state index contributed by atoms with van der Waals surface area (Å²) in [7, 11) is -3.64. The van der Waals surface area contributed by atoms with Crippen molar-refractivity contribution in [1.29, 1.82) is 0 Å². The molecule has 1 fully saturated rings. The van der Waals surface area contributed by atoms with Crippen LogP contribution in [-0.2, 0) is 21.2 Å². The summed E-state index contributed by atoms with van der Waals surface area (Å²) in [4.78, 5) is 14.3. The third kappa shape index (κ3) is 3.14. The zero-order valence-electron chi connectivity index (χ0n) is 14.0. The van der Waals surface area contributed by atoms with Crippen LogP contribution in [-0.4, -0.2) is 20.9 Å². The molecule has 2 aromatic rings. The van der Waals surface area contributed by atoms with E-state index in [1.165, 1.54) is 0 Å². The SMILES string of the molecule is Cc1ccc(NS(=O)(=O)c2ccc3c(c2)CCN3C(=O)C2CC2)cc1. The number of anilines is 2. The Balaban J connectivity index is 1.59. The number of hydrogen-bond acceptors (Lipinski definition) is 3. The molecule has 4 rings (SSSR count). The number of sulfonamides is 1. The fourth-order valence-corrected chi connectivity index (χ4v) is 4.27. The molecule has 1 heterocycles. The van der Waals surface area contributed by atoms with Crippen molar-refractivity contribution in [1.82, 2.24) is 0 Å². The molecular weight excluding hydrogens is 336 g/mol. The van der Waals surface area contributed by atoms with Crippen LogP contribution in [0.1, 0.15) is 24.0 Å². The predicted molar refractivity (Wildman–Crippen MR) is 97.2 cm³/mol. The van der Waals surface area contributed by atoms with Gasteiger partial charge >= 0.3 is 0 Å². The van der Waals surface area contributed by atoms with Gasteiger partial charge in [0.15, 0.2) is 0 Å². The lowest BCUT2D eigenvalue weighted by Crippen LogP contribution is -2.30. The fourth-order valence-electron chi connectivity index (χ4n) is 3.16. The van der Waals surface area contributed by atoms with Crippen LogP contribution in [0.5, 0.6) is 0 Å². The monoisotopic (exact) mass is 356 g/mol. The molecule has 1 N–H and O–H groups in total. The van der Waals surface area contributed by atoms with E-state index in [0.29, 0.717) is 18.7 Å². The van der Waals surface area contributed by atoms with Crippen LogP contribution >= 0.6 is 0 Å². The molecular formula is C19H20N2O3S. The summed E-state index contributed by atoms with van der Waals surface area (Å²) in [6.07, 6.45) is 2.64. The highest BCUT2D eigenvalue weighted by molar-refractivity contribution is 7.92. The summed E-state index contributed by atoms with van der Waals surface area (Å²) in [5.74, 6) is 0.338. The molecule has 1 aliphatic heterocycles. The number of rotatable bonds is 4. The summed E-state index contributed by atoms with van der Waals surface area (Å²) < 4.78 is 27.9. The number of benzene rings is 2. The number of aryl methyl sites for hydroxylation is 1. The van der Waals surface area contributed by atoms with E-state index in [0.717, 1.165) is 29.7 Å². The van der Waals surface area contributed by atoms with E-state index >= 15 is 0 Å². The van der Waals surface area contributed by atoms with Crippen molar-refractivity contribution < 1.29 is 13.2 Å². The highest BCUT2D eigenvalue weighted by atomic mass is 32.2. The lowest BCUT2D eigenvalue weighted by atomic mass is 10.2. The summed E-state index contributed by atoms with van der Waals surface area (Å²) in [6, 6.07) is 12.2. The molecule has 0 unspecified atom stereocenters. The minimum atomic E-state index is -3.64. The third-order valence-electron chi connectivity index (χ3n) is 4.75. The Hall–Kier alpha value is -2.34. The molecule has 0 bridgehead atoms. The highest BCUT2D eigenvalue weighted by Gasteiger charge is 2.36. The highest BCUT2D eigenvalue weighted by Crippen LogP contribution is 2.37. The van der Waals surface area contributed by atoms with Gasteiger partial charge in [-0.2, -0.15) is 0 Å². The Kier molecular flexibility index (Phi) is 3.80. The molecule has 0 radical (unpaired) electrons. The average molecular weight is 356 g/mol. The number of nitrogens with zero attached hydrogens (tertiary/aromatic N) is 1. The molecule has 0 saturated heterocycles. The normalized spacial score (nSPS) is 16.6. The van der Waals surface area contributed by atoms with Crippen LogP contribution in [0.25, 0.3) is 0 Å². The van der Waals surface area contributed by atoms with E-state index in [4.69, 9.17) is 0 Å². The van der Waals surface area contributed by atoms with Gasteiger partial charge in [0.1, 0.15) is 0 Å². The number of hydrogen-bond donors (Lipinski definition) is 1. The second-order valence-corrected chi connectivity index (χ2v) is 8.46. The molecule has 25 heavy (non-hydrogen) atoms. The molecule has 2 aromatic carbocycles. The van der Waals surface area contributed by atoms with Crippen LogP contribution in [0, 0.1) is 12.8 Å². The average Bonchev–Trinajstić information content (AvgIpc) is 3.35. The van der Waals surface area contributed by atoms with Crippen molar-refractivity contribution in [2.75, 3.05) is 16.2 Å². The third-order valence-corrected chi connectivity index (χ3v) is 6.13.